The second-order valence-electron chi connectivity index (χ2n) is 4.25. The number of ketones is 1. The molecule has 0 N–H and O–H groups in total. The lowest BCUT2D eigenvalue weighted by Crippen LogP contribution is -2.09. The van der Waals surface area contributed by atoms with E-state index in [1.807, 2.05) is 0 Å². The number of halogens is 3. The maximum absolute atomic E-state index is 12.6. The van der Waals surface area contributed by atoms with Crippen molar-refractivity contribution in [1.29, 1.82) is 0 Å². The van der Waals surface area contributed by atoms with Gasteiger partial charge in [-0.05, 0) is 18.6 Å². The number of rotatable bonds is 1. The highest BCUT2D eigenvalue weighted by atomic mass is 19.4. The SMILES string of the molecule is O=C1CCc2nn(-c3ccnc(C(F)(F)F)c3)cc21. The third-order valence-corrected chi connectivity index (χ3v) is 2.98. The van der Waals surface area contributed by atoms with Gasteiger partial charge in [0.1, 0.15) is 5.69 Å². The van der Waals surface area contributed by atoms with Crippen LogP contribution in [-0.4, -0.2) is 20.5 Å². The van der Waals surface area contributed by atoms with Crippen LogP contribution in [0.2, 0.25) is 0 Å². The number of Topliss-reactive ketones (excluding diaryl/α,β-unsaturated/α-hetero) is 1. The molecule has 0 aromatic carbocycles. The molecule has 0 saturated carbocycles. The molecular formula is C12H8F3N3O. The second kappa shape index (κ2) is 3.91. The first-order chi connectivity index (χ1) is 8.95. The van der Waals surface area contributed by atoms with Crippen LogP contribution in [0.15, 0.2) is 24.5 Å². The molecule has 2 aromatic heterocycles. The van der Waals surface area contributed by atoms with Crippen LogP contribution in [-0.2, 0) is 12.6 Å². The Bertz CT molecular complexity index is 660. The minimum atomic E-state index is -4.50. The zero-order chi connectivity index (χ0) is 13.6. The summed E-state index contributed by atoms with van der Waals surface area (Å²) in [4.78, 5) is 14.8. The maximum Gasteiger partial charge on any atom is 0.433 e. The van der Waals surface area contributed by atoms with Crippen LogP contribution in [0.3, 0.4) is 0 Å². The summed E-state index contributed by atoms with van der Waals surface area (Å²) < 4.78 is 39.0. The van der Waals surface area contributed by atoms with Crippen LogP contribution in [0.4, 0.5) is 13.2 Å². The molecule has 1 aliphatic carbocycles. The number of hydrogen-bond donors (Lipinski definition) is 0. The molecular weight excluding hydrogens is 259 g/mol. The Hall–Kier alpha value is -2.18. The Labute approximate surface area is 105 Å². The van der Waals surface area contributed by atoms with Crippen molar-refractivity contribution in [2.75, 3.05) is 0 Å². The van der Waals surface area contributed by atoms with Gasteiger partial charge in [0, 0.05) is 18.8 Å². The molecule has 0 aliphatic heterocycles. The number of carbonyl (C=O) groups excluding carboxylic acids is 1. The first kappa shape index (κ1) is 11.9. The summed E-state index contributed by atoms with van der Waals surface area (Å²) >= 11 is 0. The number of pyridine rings is 1. The maximum atomic E-state index is 12.6. The summed E-state index contributed by atoms with van der Waals surface area (Å²) in [6.45, 7) is 0. The van der Waals surface area contributed by atoms with Crippen molar-refractivity contribution in [1.82, 2.24) is 14.8 Å². The third kappa shape index (κ3) is 2.00. The standard InChI is InChI=1S/C12H8F3N3O/c13-12(14,15)11-5-7(3-4-16-11)18-6-8-9(17-18)1-2-10(8)19/h3-6H,1-2H2. The molecule has 0 amide bonds. The van der Waals surface area contributed by atoms with Gasteiger partial charge in [-0.2, -0.15) is 18.3 Å². The fourth-order valence-corrected chi connectivity index (χ4v) is 2.04. The van der Waals surface area contributed by atoms with Crippen LogP contribution in [0.25, 0.3) is 5.69 Å². The van der Waals surface area contributed by atoms with E-state index in [1.54, 1.807) is 0 Å². The van der Waals surface area contributed by atoms with E-state index in [0.29, 0.717) is 24.1 Å². The fraction of sp³-hybridized carbons (Fsp3) is 0.250. The molecule has 7 heteroatoms. The lowest BCUT2D eigenvalue weighted by molar-refractivity contribution is -0.141. The van der Waals surface area contributed by atoms with Gasteiger partial charge in [0.25, 0.3) is 0 Å². The van der Waals surface area contributed by atoms with E-state index in [-0.39, 0.29) is 11.5 Å². The van der Waals surface area contributed by atoms with E-state index in [9.17, 15) is 18.0 Å². The summed E-state index contributed by atoms with van der Waals surface area (Å²) in [5, 5.41) is 4.14. The smallest absolute Gasteiger partial charge is 0.294 e. The van der Waals surface area contributed by atoms with E-state index in [1.165, 1.54) is 16.9 Å². The molecule has 0 saturated heterocycles. The first-order valence-electron chi connectivity index (χ1n) is 5.60. The van der Waals surface area contributed by atoms with Gasteiger partial charge in [-0.15, -0.1) is 0 Å². The quantitative estimate of drug-likeness (QED) is 0.797. The highest BCUT2D eigenvalue weighted by Gasteiger charge is 2.33. The van der Waals surface area contributed by atoms with Crippen LogP contribution in [0, 0.1) is 0 Å². The van der Waals surface area contributed by atoms with E-state index in [0.717, 1.165) is 12.3 Å². The second-order valence-corrected chi connectivity index (χ2v) is 4.25. The topological polar surface area (TPSA) is 47.8 Å². The van der Waals surface area contributed by atoms with Crippen LogP contribution in [0.5, 0.6) is 0 Å². The minimum absolute atomic E-state index is 0.0219. The molecule has 0 unspecified atom stereocenters. The Balaban J connectivity index is 2.04. The van der Waals surface area contributed by atoms with E-state index < -0.39 is 11.9 Å². The molecule has 0 fully saturated rings. The van der Waals surface area contributed by atoms with Crippen molar-refractivity contribution >= 4 is 5.78 Å². The van der Waals surface area contributed by atoms with Crippen molar-refractivity contribution in [3.05, 3.63) is 41.5 Å². The predicted molar refractivity (Wildman–Crippen MR) is 59.0 cm³/mol. The summed E-state index contributed by atoms with van der Waals surface area (Å²) in [5.74, 6) is -0.0219. The number of aromatic nitrogens is 3. The van der Waals surface area contributed by atoms with Gasteiger partial charge in [-0.25, -0.2) is 4.68 Å². The van der Waals surface area contributed by atoms with Crippen LogP contribution < -0.4 is 0 Å². The van der Waals surface area contributed by atoms with Gasteiger partial charge >= 0.3 is 6.18 Å². The van der Waals surface area contributed by atoms with Gasteiger partial charge in [-0.1, -0.05) is 0 Å². The van der Waals surface area contributed by atoms with Crippen molar-refractivity contribution in [2.24, 2.45) is 0 Å². The number of hydrogen-bond acceptors (Lipinski definition) is 3. The number of fused-ring (bicyclic) bond motifs is 1. The molecule has 0 radical (unpaired) electrons. The van der Waals surface area contributed by atoms with Gasteiger partial charge in [-0.3, -0.25) is 9.78 Å². The normalized spacial score (nSPS) is 14.8. The average Bonchev–Trinajstić information content (AvgIpc) is 2.91. The lowest BCUT2D eigenvalue weighted by Gasteiger charge is -2.07. The Morgan fingerprint density at radius 2 is 2.05 bits per heavy atom. The molecule has 3 rings (SSSR count). The molecule has 2 heterocycles. The van der Waals surface area contributed by atoms with Crippen molar-refractivity contribution in [3.8, 4) is 5.69 Å². The average molecular weight is 267 g/mol. The summed E-state index contributed by atoms with van der Waals surface area (Å²) in [6, 6.07) is 2.33. The number of aryl methyl sites for hydroxylation is 1. The van der Waals surface area contributed by atoms with Gasteiger partial charge in [0.05, 0.1) is 16.9 Å². The number of alkyl halides is 3. The Morgan fingerprint density at radius 1 is 1.26 bits per heavy atom. The van der Waals surface area contributed by atoms with Gasteiger partial charge in [0.15, 0.2) is 5.78 Å². The Morgan fingerprint density at radius 3 is 2.74 bits per heavy atom. The summed E-state index contributed by atoms with van der Waals surface area (Å²) in [5.41, 5.74) is 0.386. The highest BCUT2D eigenvalue weighted by Crippen LogP contribution is 2.29. The van der Waals surface area contributed by atoms with E-state index in [2.05, 4.69) is 10.1 Å². The first-order valence-corrected chi connectivity index (χ1v) is 5.60. The van der Waals surface area contributed by atoms with Crippen molar-refractivity contribution in [3.63, 3.8) is 0 Å². The van der Waals surface area contributed by atoms with Crippen LogP contribution in [0.1, 0.15) is 28.2 Å². The van der Waals surface area contributed by atoms with E-state index in [4.69, 9.17) is 0 Å². The van der Waals surface area contributed by atoms with Crippen molar-refractivity contribution in [2.45, 2.75) is 19.0 Å². The van der Waals surface area contributed by atoms with Crippen molar-refractivity contribution < 1.29 is 18.0 Å². The lowest BCUT2D eigenvalue weighted by atomic mass is 10.2. The van der Waals surface area contributed by atoms with Crippen LogP contribution >= 0.6 is 0 Å². The van der Waals surface area contributed by atoms with Gasteiger partial charge in [0.2, 0.25) is 0 Å². The molecule has 0 atom stereocenters. The highest BCUT2D eigenvalue weighted by molar-refractivity contribution is 5.99. The molecule has 4 nitrogen and oxygen atoms in total. The largest absolute Gasteiger partial charge is 0.433 e. The predicted octanol–water partition coefficient (Wildman–Crippen LogP) is 2.42. The molecule has 2 aromatic rings. The number of carbonyl (C=O) groups is 1. The van der Waals surface area contributed by atoms with Gasteiger partial charge < -0.3 is 0 Å². The summed E-state index contributed by atoms with van der Waals surface area (Å²) in [7, 11) is 0. The monoisotopic (exact) mass is 267 g/mol. The molecule has 1 aliphatic rings. The third-order valence-electron chi connectivity index (χ3n) is 2.98. The molecule has 19 heavy (non-hydrogen) atoms. The van der Waals surface area contributed by atoms with E-state index >= 15 is 0 Å². The molecule has 98 valence electrons. The minimum Gasteiger partial charge on any atom is -0.294 e. The number of nitrogens with zero attached hydrogens (tertiary/aromatic N) is 3. The summed E-state index contributed by atoms with van der Waals surface area (Å²) in [6.07, 6.45) is -0.990. The zero-order valence-corrected chi connectivity index (χ0v) is 9.61. The molecule has 0 bridgehead atoms. The fourth-order valence-electron chi connectivity index (χ4n) is 2.04. The molecule has 0 spiro atoms. The zero-order valence-electron chi connectivity index (χ0n) is 9.61. The Kier molecular flexibility index (Phi) is 2.44.